The summed E-state index contributed by atoms with van der Waals surface area (Å²) in [4.78, 5) is 2.31. The molecule has 0 aromatic heterocycles. The van der Waals surface area contributed by atoms with E-state index in [9.17, 15) is 8.78 Å². The zero-order valence-electron chi connectivity index (χ0n) is 10.8. The number of rotatable bonds is 2. The lowest BCUT2D eigenvalue weighted by atomic mass is 9.86. The molecule has 1 atom stereocenters. The Bertz CT molecular complexity index is 427. The van der Waals surface area contributed by atoms with Crippen molar-refractivity contribution in [3.05, 3.63) is 35.4 Å². The molecule has 106 valence electrons. The van der Waals surface area contributed by atoms with Crippen molar-refractivity contribution in [2.75, 3.05) is 26.2 Å². The fourth-order valence-electron chi connectivity index (χ4n) is 3.27. The fraction of sp³-hybridized carbons (Fsp3) is 0.571. The second-order valence-electron chi connectivity index (χ2n) is 5.67. The molecule has 2 aliphatic rings. The summed E-state index contributed by atoms with van der Waals surface area (Å²) in [5.41, 5.74) is 1.14. The highest BCUT2D eigenvalue weighted by molar-refractivity contribution is 5.85. The number of likely N-dealkylation sites (tertiary alicyclic amines) is 1. The maximum Gasteiger partial charge on any atom is 0.126 e. The van der Waals surface area contributed by atoms with Gasteiger partial charge in [-0.3, -0.25) is 4.90 Å². The van der Waals surface area contributed by atoms with Gasteiger partial charge >= 0.3 is 0 Å². The molecular formula is C14H19ClF2N2. The quantitative estimate of drug-likeness (QED) is 0.900. The van der Waals surface area contributed by atoms with Crippen LogP contribution in [0.1, 0.15) is 18.4 Å². The van der Waals surface area contributed by atoms with Crippen molar-refractivity contribution < 1.29 is 8.78 Å². The van der Waals surface area contributed by atoms with Crippen LogP contribution in [0, 0.1) is 17.0 Å². The highest BCUT2D eigenvalue weighted by atomic mass is 35.5. The summed E-state index contributed by atoms with van der Waals surface area (Å²) in [5, 5.41) is 3.41. The molecule has 0 radical (unpaired) electrons. The van der Waals surface area contributed by atoms with Gasteiger partial charge in [-0.15, -0.1) is 12.4 Å². The van der Waals surface area contributed by atoms with Crippen LogP contribution < -0.4 is 5.32 Å². The van der Waals surface area contributed by atoms with Crippen LogP contribution in [-0.4, -0.2) is 31.1 Å². The first kappa shape index (κ1) is 14.7. The molecular weight excluding hydrogens is 270 g/mol. The van der Waals surface area contributed by atoms with E-state index in [1.165, 1.54) is 25.0 Å². The van der Waals surface area contributed by atoms with E-state index in [0.29, 0.717) is 12.0 Å². The van der Waals surface area contributed by atoms with Gasteiger partial charge in [0, 0.05) is 25.7 Å². The molecule has 1 aromatic rings. The van der Waals surface area contributed by atoms with Crippen molar-refractivity contribution in [3.63, 3.8) is 0 Å². The molecule has 1 aromatic carbocycles. The molecule has 2 saturated heterocycles. The first-order valence-electron chi connectivity index (χ1n) is 6.53. The Morgan fingerprint density at radius 3 is 2.53 bits per heavy atom. The standard InChI is InChI=1S/C14H18F2N2.ClH/c15-12-5-11(6-13(16)7-12)8-18-4-2-14(10-18)1-3-17-9-14;/h5-7,17H,1-4,8-10H2;1H. The Hall–Kier alpha value is -0.710. The van der Waals surface area contributed by atoms with E-state index in [4.69, 9.17) is 0 Å². The number of halogens is 3. The third-order valence-electron chi connectivity index (χ3n) is 4.18. The average Bonchev–Trinajstić information content (AvgIpc) is 2.89. The van der Waals surface area contributed by atoms with Crippen LogP contribution in [0.3, 0.4) is 0 Å². The van der Waals surface area contributed by atoms with E-state index in [0.717, 1.165) is 37.8 Å². The maximum atomic E-state index is 13.1. The highest BCUT2D eigenvalue weighted by Gasteiger charge is 2.39. The maximum absolute atomic E-state index is 13.1. The number of nitrogens with one attached hydrogen (secondary N) is 1. The summed E-state index contributed by atoms with van der Waals surface area (Å²) in [7, 11) is 0. The number of nitrogens with zero attached hydrogens (tertiary/aromatic N) is 1. The van der Waals surface area contributed by atoms with Gasteiger partial charge in [-0.1, -0.05) is 0 Å². The molecule has 1 spiro atoms. The summed E-state index contributed by atoms with van der Waals surface area (Å²) in [5.74, 6) is -0.970. The van der Waals surface area contributed by atoms with Gasteiger partial charge in [0.15, 0.2) is 0 Å². The lowest BCUT2D eigenvalue weighted by molar-refractivity contribution is 0.268. The molecule has 2 aliphatic heterocycles. The molecule has 0 saturated carbocycles. The third-order valence-corrected chi connectivity index (χ3v) is 4.18. The van der Waals surface area contributed by atoms with Crippen LogP contribution in [0.4, 0.5) is 8.78 Å². The lowest BCUT2D eigenvalue weighted by Crippen LogP contribution is -2.29. The lowest BCUT2D eigenvalue weighted by Gasteiger charge is -2.22. The Morgan fingerprint density at radius 1 is 1.16 bits per heavy atom. The minimum absolute atomic E-state index is 0. The number of benzene rings is 1. The van der Waals surface area contributed by atoms with Gasteiger partial charge in [0.2, 0.25) is 0 Å². The molecule has 1 N–H and O–H groups in total. The Kier molecular flexibility index (Phi) is 4.43. The van der Waals surface area contributed by atoms with Crippen LogP contribution in [0.5, 0.6) is 0 Å². The minimum Gasteiger partial charge on any atom is -0.316 e. The average molecular weight is 289 g/mol. The van der Waals surface area contributed by atoms with Crippen LogP contribution in [0.25, 0.3) is 0 Å². The smallest absolute Gasteiger partial charge is 0.126 e. The van der Waals surface area contributed by atoms with Gasteiger partial charge in [0.25, 0.3) is 0 Å². The number of hydrogen-bond donors (Lipinski definition) is 1. The molecule has 0 bridgehead atoms. The van der Waals surface area contributed by atoms with Crippen molar-refractivity contribution in [3.8, 4) is 0 Å². The molecule has 1 unspecified atom stereocenters. The first-order chi connectivity index (χ1) is 8.65. The van der Waals surface area contributed by atoms with Crippen LogP contribution in [0.15, 0.2) is 18.2 Å². The van der Waals surface area contributed by atoms with E-state index in [2.05, 4.69) is 10.2 Å². The SMILES string of the molecule is Cl.Fc1cc(F)cc(CN2CCC3(CCNC3)C2)c1. The normalized spacial score (nSPS) is 26.8. The van der Waals surface area contributed by atoms with Crippen molar-refractivity contribution in [1.29, 1.82) is 0 Å². The fourth-order valence-corrected chi connectivity index (χ4v) is 3.27. The van der Waals surface area contributed by atoms with Crippen molar-refractivity contribution >= 4 is 12.4 Å². The van der Waals surface area contributed by atoms with E-state index in [1.807, 2.05) is 0 Å². The second kappa shape index (κ2) is 5.73. The minimum atomic E-state index is -0.485. The molecule has 0 amide bonds. The van der Waals surface area contributed by atoms with Gasteiger partial charge in [-0.25, -0.2) is 8.78 Å². The van der Waals surface area contributed by atoms with Gasteiger partial charge in [0.05, 0.1) is 0 Å². The van der Waals surface area contributed by atoms with Crippen molar-refractivity contribution in [2.24, 2.45) is 5.41 Å². The Balaban J connectivity index is 0.00000133. The Morgan fingerprint density at radius 2 is 1.89 bits per heavy atom. The zero-order valence-corrected chi connectivity index (χ0v) is 11.6. The predicted octanol–water partition coefficient (Wildman–Crippen LogP) is 2.57. The Labute approximate surface area is 118 Å². The van der Waals surface area contributed by atoms with E-state index in [1.54, 1.807) is 0 Å². The summed E-state index contributed by atoms with van der Waals surface area (Å²) in [6.45, 7) is 4.90. The van der Waals surface area contributed by atoms with Crippen molar-refractivity contribution in [2.45, 2.75) is 19.4 Å². The van der Waals surface area contributed by atoms with Crippen LogP contribution in [0.2, 0.25) is 0 Å². The predicted molar refractivity (Wildman–Crippen MR) is 73.4 cm³/mol. The highest BCUT2D eigenvalue weighted by Crippen LogP contribution is 2.36. The molecule has 2 nitrogen and oxygen atoms in total. The first-order valence-corrected chi connectivity index (χ1v) is 6.53. The van der Waals surface area contributed by atoms with Crippen molar-refractivity contribution in [1.82, 2.24) is 10.2 Å². The van der Waals surface area contributed by atoms with Gasteiger partial charge < -0.3 is 5.32 Å². The number of hydrogen-bond acceptors (Lipinski definition) is 2. The topological polar surface area (TPSA) is 15.3 Å². The van der Waals surface area contributed by atoms with Gasteiger partial charge in [0.1, 0.15) is 11.6 Å². The molecule has 19 heavy (non-hydrogen) atoms. The van der Waals surface area contributed by atoms with Crippen LogP contribution in [-0.2, 0) is 6.54 Å². The monoisotopic (exact) mass is 288 g/mol. The summed E-state index contributed by atoms with van der Waals surface area (Å²) in [6.07, 6.45) is 2.42. The largest absolute Gasteiger partial charge is 0.316 e. The summed E-state index contributed by atoms with van der Waals surface area (Å²) < 4.78 is 26.3. The molecule has 5 heteroatoms. The molecule has 0 aliphatic carbocycles. The van der Waals surface area contributed by atoms with Gasteiger partial charge in [-0.2, -0.15) is 0 Å². The molecule has 2 heterocycles. The third kappa shape index (κ3) is 3.25. The van der Waals surface area contributed by atoms with E-state index < -0.39 is 11.6 Å². The zero-order chi connectivity index (χ0) is 12.6. The van der Waals surface area contributed by atoms with E-state index >= 15 is 0 Å². The molecule has 3 rings (SSSR count). The summed E-state index contributed by atoms with van der Waals surface area (Å²) >= 11 is 0. The molecule has 2 fully saturated rings. The summed E-state index contributed by atoms with van der Waals surface area (Å²) in [6, 6.07) is 3.79. The van der Waals surface area contributed by atoms with E-state index in [-0.39, 0.29) is 12.4 Å². The van der Waals surface area contributed by atoms with Crippen LogP contribution >= 0.6 is 12.4 Å². The second-order valence-corrected chi connectivity index (χ2v) is 5.67. The van der Waals surface area contributed by atoms with Gasteiger partial charge in [-0.05, 0) is 49.0 Å².